The van der Waals surface area contributed by atoms with Crippen LogP contribution in [0.4, 0.5) is 0 Å². The summed E-state index contributed by atoms with van der Waals surface area (Å²) < 4.78 is 1.89. The van der Waals surface area contributed by atoms with Gasteiger partial charge in [0.25, 0.3) is 5.91 Å². The zero-order chi connectivity index (χ0) is 15.2. The van der Waals surface area contributed by atoms with E-state index in [1.54, 1.807) is 4.90 Å². The van der Waals surface area contributed by atoms with Gasteiger partial charge in [0.15, 0.2) is 5.69 Å². The third-order valence-corrected chi connectivity index (χ3v) is 4.17. The summed E-state index contributed by atoms with van der Waals surface area (Å²) >= 11 is 0. The predicted octanol–water partition coefficient (Wildman–Crippen LogP) is 1.81. The number of hydrogen-bond donors (Lipinski definition) is 0. The van der Waals surface area contributed by atoms with Gasteiger partial charge in [0.05, 0.1) is 12.2 Å². The van der Waals surface area contributed by atoms with Gasteiger partial charge in [-0.05, 0) is 46.2 Å². The number of nitrogens with zero attached hydrogens (tertiary/aromatic N) is 5. The van der Waals surface area contributed by atoms with Crippen LogP contribution in [0.2, 0.25) is 0 Å². The zero-order valence-corrected chi connectivity index (χ0v) is 13.5. The molecule has 0 aliphatic carbocycles. The van der Waals surface area contributed by atoms with Crippen molar-refractivity contribution in [1.29, 1.82) is 0 Å². The summed E-state index contributed by atoms with van der Waals surface area (Å²) in [5, 5.41) is 8.28. The molecule has 2 rings (SSSR count). The number of piperidine rings is 1. The van der Waals surface area contributed by atoms with Gasteiger partial charge in [0, 0.05) is 19.6 Å². The number of carbonyl (C=O) groups is 1. The first-order valence-corrected chi connectivity index (χ1v) is 8.13. The van der Waals surface area contributed by atoms with E-state index in [1.165, 1.54) is 19.4 Å². The van der Waals surface area contributed by atoms with Crippen LogP contribution < -0.4 is 0 Å². The Balaban J connectivity index is 2.03. The van der Waals surface area contributed by atoms with Crippen molar-refractivity contribution >= 4 is 5.91 Å². The van der Waals surface area contributed by atoms with Gasteiger partial charge in [0.1, 0.15) is 0 Å². The van der Waals surface area contributed by atoms with Crippen molar-refractivity contribution in [3.63, 3.8) is 0 Å². The lowest BCUT2D eigenvalue weighted by atomic mass is 10.1. The first-order chi connectivity index (χ1) is 10.2. The highest BCUT2D eigenvalue weighted by Gasteiger charge is 2.23. The summed E-state index contributed by atoms with van der Waals surface area (Å²) in [6.45, 7) is 10.9. The van der Waals surface area contributed by atoms with E-state index in [0.717, 1.165) is 19.5 Å². The molecular weight excluding hydrogens is 266 g/mol. The lowest BCUT2D eigenvalue weighted by molar-refractivity contribution is 0.0767. The van der Waals surface area contributed by atoms with Crippen molar-refractivity contribution in [3.05, 3.63) is 11.9 Å². The fourth-order valence-electron chi connectivity index (χ4n) is 2.99. The molecule has 21 heavy (non-hydrogen) atoms. The topological polar surface area (TPSA) is 54.3 Å². The molecule has 0 aromatic carbocycles. The van der Waals surface area contributed by atoms with Gasteiger partial charge in [-0.25, -0.2) is 4.68 Å². The number of rotatable bonds is 6. The molecule has 1 aliphatic rings. The normalized spacial score (nSPS) is 19.7. The fraction of sp³-hybridized carbons (Fsp3) is 0.800. The highest BCUT2D eigenvalue weighted by molar-refractivity contribution is 5.91. The fourth-order valence-corrected chi connectivity index (χ4v) is 2.99. The molecule has 1 aromatic rings. The van der Waals surface area contributed by atoms with Crippen LogP contribution in [0.25, 0.3) is 0 Å². The average molecular weight is 293 g/mol. The van der Waals surface area contributed by atoms with Gasteiger partial charge in [-0.2, -0.15) is 0 Å². The van der Waals surface area contributed by atoms with Crippen molar-refractivity contribution in [2.75, 3.05) is 32.7 Å². The largest absolute Gasteiger partial charge is 0.338 e. The number of likely N-dealkylation sites (tertiary alicyclic amines) is 1. The van der Waals surface area contributed by atoms with E-state index in [1.807, 2.05) is 24.7 Å². The second-order valence-corrected chi connectivity index (χ2v) is 5.66. The molecule has 1 fully saturated rings. The number of hydrogen-bond acceptors (Lipinski definition) is 4. The SMILES string of the molecule is CCCN1CCC[C@@H](n2cc(C(=O)N(CC)CC)nn2)C1. The molecule has 0 spiro atoms. The summed E-state index contributed by atoms with van der Waals surface area (Å²) in [6.07, 6.45) is 5.29. The van der Waals surface area contributed by atoms with E-state index in [0.29, 0.717) is 24.8 Å². The maximum Gasteiger partial charge on any atom is 0.276 e. The van der Waals surface area contributed by atoms with E-state index >= 15 is 0 Å². The van der Waals surface area contributed by atoms with Crippen LogP contribution >= 0.6 is 0 Å². The highest BCUT2D eigenvalue weighted by atomic mass is 16.2. The Morgan fingerprint density at radius 3 is 2.81 bits per heavy atom. The van der Waals surface area contributed by atoms with Crippen LogP contribution in [-0.4, -0.2) is 63.4 Å². The summed E-state index contributed by atoms with van der Waals surface area (Å²) in [7, 11) is 0. The van der Waals surface area contributed by atoms with Gasteiger partial charge in [-0.1, -0.05) is 12.1 Å². The zero-order valence-electron chi connectivity index (χ0n) is 13.5. The third-order valence-electron chi connectivity index (χ3n) is 4.17. The Morgan fingerprint density at radius 2 is 2.14 bits per heavy atom. The first-order valence-electron chi connectivity index (χ1n) is 8.13. The van der Waals surface area contributed by atoms with Crippen LogP contribution in [0.5, 0.6) is 0 Å². The van der Waals surface area contributed by atoms with Crippen LogP contribution in [0.15, 0.2) is 6.20 Å². The highest BCUT2D eigenvalue weighted by Crippen LogP contribution is 2.21. The van der Waals surface area contributed by atoms with Gasteiger partial charge < -0.3 is 9.80 Å². The van der Waals surface area contributed by atoms with Gasteiger partial charge in [-0.3, -0.25) is 4.79 Å². The second kappa shape index (κ2) is 7.54. The van der Waals surface area contributed by atoms with Gasteiger partial charge in [0.2, 0.25) is 0 Å². The van der Waals surface area contributed by atoms with Crippen LogP contribution in [-0.2, 0) is 0 Å². The Morgan fingerprint density at radius 1 is 1.38 bits per heavy atom. The smallest absolute Gasteiger partial charge is 0.276 e. The molecular formula is C15H27N5O. The molecule has 1 atom stereocenters. The molecule has 0 unspecified atom stereocenters. The van der Waals surface area contributed by atoms with Crippen molar-refractivity contribution in [2.24, 2.45) is 0 Å². The Hall–Kier alpha value is -1.43. The summed E-state index contributed by atoms with van der Waals surface area (Å²) in [6, 6.07) is 0.344. The second-order valence-electron chi connectivity index (χ2n) is 5.66. The summed E-state index contributed by atoms with van der Waals surface area (Å²) in [4.78, 5) is 16.5. The van der Waals surface area contributed by atoms with Crippen molar-refractivity contribution < 1.29 is 4.79 Å². The maximum atomic E-state index is 12.3. The van der Waals surface area contributed by atoms with Crippen LogP contribution in [0.1, 0.15) is 56.6 Å². The van der Waals surface area contributed by atoms with E-state index in [9.17, 15) is 4.79 Å². The first kappa shape index (κ1) is 15.9. The minimum absolute atomic E-state index is 0.0209. The number of carbonyl (C=O) groups excluding carboxylic acids is 1. The Labute approximate surface area is 127 Å². The molecule has 1 aliphatic heterocycles. The van der Waals surface area contributed by atoms with Crippen LogP contribution in [0, 0.1) is 0 Å². The quantitative estimate of drug-likeness (QED) is 0.802. The molecule has 0 N–H and O–H groups in total. The lowest BCUT2D eigenvalue weighted by Gasteiger charge is -2.32. The van der Waals surface area contributed by atoms with E-state index in [4.69, 9.17) is 0 Å². The van der Waals surface area contributed by atoms with E-state index in [2.05, 4.69) is 22.1 Å². The van der Waals surface area contributed by atoms with Gasteiger partial charge in [-0.15, -0.1) is 5.10 Å². The van der Waals surface area contributed by atoms with Gasteiger partial charge >= 0.3 is 0 Å². The summed E-state index contributed by atoms with van der Waals surface area (Å²) in [5.74, 6) is -0.0209. The molecule has 0 radical (unpaired) electrons. The lowest BCUT2D eigenvalue weighted by Crippen LogP contribution is -2.37. The monoisotopic (exact) mass is 293 g/mol. The Bertz CT molecular complexity index is 453. The minimum atomic E-state index is -0.0209. The standard InChI is InChI=1S/C15H27N5O/c1-4-9-18-10-7-8-13(11-18)20-12-14(16-17-20)15(21)19(5-2)6-3/h12-13H,4-11H2,1-3H3/t13-/m1/s1. The molecule has 6 heteroatoms. The average Bonchev–Trinajstić information content (AvgIpc) is 2.99. The predicted molar refractivity (Wildman–Crippen MR) is 82.3 cm³/mol. The molecule has 1 aromatic heterocycles. The summed E-state index contributed by atoms with van der Waals surface area (Å²) in [5.41, 5.74) is 0.464. The minimum Gasteiger partial charge on any atom is -0.338 e. The van der Waals surface area contributed by atoms with E-state index < -0.39 is 0 Å². The van der Waals surface area contributed by atoms with Crippen molar-refractivity contribution in [2.45, 2.75) is 46.1 Å². The Kier molecular flexibility index (Phi) is 5.73. The molecule has 0 bridgehead atoms. The molecule has 2 heterocycles. The maximum absolute atomic E-state index is 12.3. The molecule has 0 saturated carbocycles. The van der Waals surface area contributed by atoms with E-state index in [-0.39, 0.29) is 5.91 Å². The molecule has 1 amide bonds. The molecule has 6 nitrogen and oxygen atoms in total. The molecule has 1 saturated heterocycles. The third kappa shape index (κ3) is 3.81. The number of aromatic nitrogens is 3. The van der Waals surface area contributed by atoms with Crippen molar-refractivity contribution in [1.82, 2.24) is 24.8 Å². The van der Waals surface area contributed by atoms with Crippen molar-refractivity contribution in [3.8, 4) is 0 Å². The molecule has 118 valence electrons. The van der Waals surface area contributed by atoms with Crippen LogP contribution in [0.3, 0.4) is 0 Å². The number of amides is 1.